The molecule has 0 saturated heterocycles. The first-order valence-electron chi connectivity index (χ1n) is 4.75. The van der Waals surface area contributed by atoms with Crippen LogP contribution in [0.4, 0.5) is 0 Å². The molecule has 0 saturated carbocycles. The number of hydrogen-bond donors (Lipinski definition) is 3. The Kier molecular flexibility index (Phi) is 6.56. The van der Waals surface area contributed by atoms with E-state index < -0.39 is 20.5 Å². The van der Waals surface area contributed by atoms with Crippen molar-refractivity contribution < 1.29 is 30.5 Å². The third-order valence-corrected chi connectivity index (χ3v) is 2.59. The van der Waals surface area contributed by atoms with Gasteiger partial charge in [-0.1, -0.05) is 0 Å². The van der Waals surface area contributed by atoms with Crippen LogP contribution < -0.4 is 0 Å². The van der Waals surface area contributed by atoms with Crippen molar-refractivity contribution in [3.63, 3.8) is 0 Å². The maximum absolute atomic E-state index is 10.4. The fourth-order valence-electron chi connectivity index (χ4n) is 1.18. The molecule has 108 valence electrons. The van der Waals surface area contributed by atoms with Crippen molar-refractivity contribution in [2.45, 2.75) is 6.42 Å². The lowest BCUT2D eigenvalue weighted by Gasteiger charge is -2.17. The summed E-state index contributed by atoms with van der Waals surface area (Å²) in [5, 5.41) is 0. The second-order valence-corrected chi connectivity index (χ2v) is 6.06. The summed E-state index contributed by atoms with van der Waals surface area (Å²) in [6.45, 7) is 1.44. The molecular weight excluding hydrogens is 288 g/mol. The van der Waals surface area contributed by atoms with Gasteiger partial charge in [-0.2, -0.15) is 16.8 Å². The minimum absolute atomic E-state index is 0.166. The maximum atomic E-state index is 10.4. The molecule has 3 N–H and O–H groups in total. The average molecular weight is 304 g/mol. The fourth-order valence-corrected chi connectivity index (χ4v) is 1.68. The molecule has 0 spiro atoms. The van der Waals surface area contributed by atoms with Gasteiger partial charge in [0, 0.05) is 26.0 Å². The largest absolute Gasteiger partial charge is 0.394 e. The SMILES string of the molecule is CN1C=CN(CCCS(=O)(=O)O)C1.O=S(=O)(O)O. The van der Waals surface area contributed by atoms with Gasteiger partial charge < -0.3 is 9.80 Å². The van der Waals surface area contributed by atoms with Gasteiger partial charge in [0.25, 0.3) is 10.1 Å². The zero-order valence-corrected chi connectivity index (χ0v) is 11.3. The van der Waals surface area contributed by atoms with Gasteiger partial charge in [-0.15, -0.1) is 0 Å². The predicted octanol–water partition coefficient (Wildman–Crippen LogP) is -0.712. The Morgan fingerprint density at radius 3 is 1.94 bits per heavy atom. The Hall–Kier alpha value is -0.880. The monoisotopic (exact) mass is 304 g/mol. The highest BCUT2D eigenvalue weighted by Gasteiger charge is 2.09. The van der Waals surface area contributed by atoms with E-state index in [0.29, 0.717) is 13.0 Å². The van der Waals surface area contributed by atoms with Crippen LogP contribution in [-0.2, 0) is 20.5 Å². The molecule has 1 aliphatic rings. The van der Waals surface area contributed by atoms with Crippen molar-refractivity contribution in [3.8, 4) is 0 Å². The summed E-state index contributed by atoms with van der Waals surface area (Å²) in [5.74, 6) is -0.166. The van der Waals surface area contributed by atoms with E-state index >= 15 is 0 Å². The van der Waals surface area contributed by atoms with E-state index in [-0.39, 0.29) is 5.75 Å². The Labute approximate surface area is 106 Å². The molecule has 11 heteroatoms. The molecule has 0 unspecified atom stereocenters. The van der Waals surface area contributed by atoms with E-state index in [0.717, 1.165) is 6.67 Å². The predicted molar refractivity (Wildman–Crippen MR) is 63.7 cm³/mol. The molecule has 0 aliphatic carbocycles. The summed E-state index contributed by atoms with van der Waals surface area (Å²) in [5.41, 5.74) is 0. The lowest BCUT2D eigenvalue weighted by molar-refractivity contribution is 0.296. The molecule has 0 fully saturated rings. The highest BCUT2D eigenvalue weighted by atomic mass is 32.3. The fraction of sp³-hybridized carbons (Fsp3) is 0.714. The normalized spacial score (nSPS) is 15.6. The van der Waals surface area contributed by atoms with Gasteiger partial charge in [-0.05, 0) is 6.42 Å². The van der Waals surface area contributed by atoms with Crippen LogP contribution in [-0.4, -0.2) is 66.3 Å². The van der Waals surface area contributed by atoms with Crippen LogP contribution in [0.15, 0.2) is 12.4 Å². The van der Waals surface area contributed by atoms with Crippen LogP contribution in [0, 0.1) is 0 Å². The van der Waals surface area contributed by atoms with E-state index in [4.69, 9.17) is 22.1 Å². The first-order valence-corrected chi connectivity index (χ1v) is 7.75. The number of hydrogen-bond acceptors (Lipinski definition) is 6. The number of nitrogens with zero attached hydrogens (tertiary/aromatic N) is 2. The van der Waals surface area contributed by atoms with Gasteiger partial charge in [0.05, 0.1) is 12.4 Å². The average Bonchev–Trinajstić information content (AvgIpc) is 2.45. The zero-order valence-electron chi connectivity index (χ0n) is 9.67. The van der Waals surface area contributed by atoms with Crippen molar-refractivity contribution >= 4 is 20.5 Å². The Morgan fingerprint density at radius 1 is 1.11 bits per heavy atom. The highest BCUT2D eigenvalue weighted by molar-refractivity contribution is 7.85. The minimum atomic E-state index is -4.67. The van der Waals surface area contributed by atoms with E-state index in [1.54, 1.807) is 0 Å². The first kappa shape index (κ1) is 17.1. The van der Waals surface area contributed by atoms with Crippen molar-refractivity contribution in [1.29, 1.82) is 0 Å². The summed E-state index contributed by atoms with van der Waals surface area (Å²) in [6.07, 6.45) is 4.29. The Morgan fingerprint density at radius 2 is 1.61 bits per heavy atom. The van der Waals surface area contributed by atoms with Gasteiger partial charge in [-0.3, -0.25) is 13.7 Å². The van der Waals surface area contributed by atoms with Crippen molar-refractivity contribution in [1.82, 2.24) is 9.80 Å². The number of rotatable bonds is 4. The summed E-state index contributed by atoms with van der Waals surface area (Å²) in [7, 11) is -6.52. The summed E-state index contributed by atoms with van der Waals surface area (Å²) in [4.78, 5) is 3.98. The quantitative estimate of drug-likeness (QED) is 0.575. The Balaban J connectivity index is 0.000000494. The molecule has 0 aromatic rings. The van der Waals surface area contributed by atoms with Gasteiger partial charge in [0.15, 0.2) is 0 Å². The molecule has 1 rings (SSSR count). The van der Waals surface area contributed by atoms with Gasteiger partial charge >= 0.3 is 10.4 Å². The lowest BCUT2D eigenvalue weighted by atomic mass is 10.4. The molecule has 0 aromatic carbocycles. The zero-order chi connectivity index (χ0) is 14.4. The van der Waals surface area contributed by atoms with Crippen LogP contribution >= 0.6 is 0 Å². The van der Waals surface area contributed by atoms with Crippen molar-refractivity contribution in [2.75, 3.05) is 26.0 Å². The van der Waals surface area contributed by atoms with Gasteiger partial charge in [0.2, 0.25) is 0 Å². The van der Waals surface area contributed by atoms with E-state index in [1.165, 1.54) is 0 Å². The molecule has 0 amide bonds. The minimum Gasteiger partial charge on any atom is -0.362 e. The third-order valence-electron chi connectivity index (χ3n) is 1.78. The summed E-state index contributed by atoms with van der Waals surface area (Å²) < 4.78 is 60.8. The molecular formula is C7H16N2O7S2. The van der Waals surface area contributed by atoms with Crippen LogP contribution in [0.2, 0.25) is 0 Å². The van der Waals surface area contributed by atoms with Gasteiger partial charge in [0.1, 0.15) is 0 Å². The standard InChI is InChI=1S/C7H14N2O3S.H2O4S/c1-8-4-5-9(7-8)3-2-6-13(10,11)12;1-5(2,3)4/h4-5H,2-3,6-7H2,1H3,(H,10,11,12);(H2,1,2,3,4). The molecule has 0 atom stereocenters. The maximum Gasteiger partial charge on any atom is 0.394 e. The van der Waals surface area contributed by atoms with Crippen LogP contribution in [0.3, 0.4) is 0 Å². The van der Waals surface area contributed by atoms with E-state index in [1.807, 2.05) is 29.2 Å². The molecule has 0 radical (unpaired) electrons. The second-order valence-electron chi connectivity index (χ2n) is 3.60. The molecule has 0 aromatic heterocycles. The lowest BCUT2D eigenvalue weighted by Crippen LogP contribution is -2.24. The van der Waals surface area contributed by atoms with Crippen LogP contribution in [0.1, 0.15) is 6.42 Å². The molecule has 18 heavy (non-hydrogen) atoms. The summed E-state index contributed by atoms with van der Waals surface area (Å²) in [6, 6.07) is 0. The van der Waals surface area contributed by atoms with Crippen LogP contribution in [0.5, 0.6) is 0 Å². The van der Waals surface area contributed by atoms with E-state index in [2.05, 4.69) is 0 Å². The third kappa shape index (κ3) is 13.2. The molecule has 0 bridgehead atoms. The molecule has 1 aliphatic heterocycles. The van der Waals surface area contributed by atoms with Crippen molar-refractivity contribution in [3.05, 3.63) is 12.4 Å². The van der Waals surface area contributed by atoms with Crippen molar-refractivity contribution in [2.24, 2.45) is 0 Å². The second kappa shape index (κ2) is 6.89. The van der Waals surface area contributed by atoms with Crippen LogP contribution in [0.25, 0.3) is 0 Å². The van der Waals surface area contributed by atoms with Gasteiger partial charge in [-0.25, -0.2) is 0 Å². The highest BCUT2D eigenvalue weighted by Crippen LogP contribution is 2.04. The van der Waals surface area contributed by atoms with E-state index in [9.17, 15) is 8.42 Å². The topological polar surface area (TPSA) is 135 Å². The summed E-state index contributed by atoms with van der Waals surface area (Å²) >= 11 is 0. The first-order chi connectivity index (χ1) is 7.97. The molecule has 1 heterocycles. The smallest absolute Gasteiger partial charge is 0.362 e. The Bertz CT molecular complexity index is 462. The molecule has 9 nitrogen and oxygen atoms in total.